The molecule has 7 nitrogen and oxygen atoms in total. The summed E-state index contributed by atoms with van der Waals surface area (Å²) < 4.78 is 0. The van der Waals surface area contributed by atoms with Crippen molar-refractivity contribution in [3.8, 4) is 0 Å². The molecule has 1 rings (SSSR count). The third-order valence-electron chi connectivity index (χ3n) is 1.35. The monoisotopic (exact) mass is 185 g/mol. The van der Waals surface area contributed by atoms with Crippen LogP contribution in [0.5, 0.6) is 0 Å². The highest BCUT2D eigenvalue weighted by molar-refractivity contribution is 5.21. The molecule has 0 fully saturated rings. The quantitative estimate of drug-likeness (QED) is 0.286. The second-order valence-corrected chi connectivity index (χ2v) is 2.45. The van der Waals surface area contributed by atoms with Gasteiger partial charge in [0.15, 0.2) is 5.22 Å². The maximum atomic E-state index is 9.79. The van der Waals surface area contributed by atoms with Gasteiger partial charge in [-0.05, 0) is 6.08 Å². The first-order chi connectivity index (χ1) is 6.02. The van der Waals surface area contributed by atoms with Gasteiger partial charge in [-0.25, -0.2) is 0 Å². The smallest absolute Gasteiger partial charge is 0.316 e. The van der Waals surface area contributed by atoms with E-state index in [1.54, 1.807) is 0 Å². The van der Waals surface area contributed by atoms with Crippen molar-refractivity contribution in [2.24, 2.45) is 10.3 Å². The van der Waals surface area contributed by atoms with E-state index in [1.807, 2.05) is 0 Å². The molecule has 1 aliphatic carbocycles. The van der Waals surface area contributed by atoms with E-state index in [4.69, 9.17) is 5.11 Å². The Bertz CT molecular complexity index is 309. The van der Waals surface area contributed by atoms with Gasteiger partial charge in [-0.2, -0.15) is 0 Å². The van der Waals surface area contributed by atoms with Crippen LogP contribution in [-0.2, 0) is 0 Å². The summed E-state index contributed by atoms with van der Waals surface area (Å²) in [4.78, 5) is 9.79. The maximum Gasteiger partial charge on any atom is 0.316 e. The van der Waals surface area contributed by atoms with E-state index in [9.17, 15) is 15.2 Å². The summed E-state index contributed by atoms with van der Waals surface area (Å²) in [6.07, 6.45) is 3.91. The summed E-state index contributed by atoms with van der Waals surface area (Å²) in [6, 6.07) is 0. The Morgan fingerprint density at radius 2 is 2.38 bits per heavy atom. The van der Waals surface area contributed by atoms with Crippen molar-refractivity contribution >= 4 is 0 Å². The molecule has 1 unspecified atom stereocenters. The Balaban J connectivity index is 2.81. The number of aliphatic hydroxyl groups excluding tert-OH is 1. The summed E-state index contributed by atoms with van der Waals surface area (Å²) in [6.45, 7) is 0. The molecule has 0 amide bonds. The molecule has 0 radical (unpaired) electrons. The highest BCUT2D eigenvalue weighted by Crippen LogP contribution is 2.20. The van der Waals surface area contributed by atoms with Crippen LogP contribution in [0.4, 0.5) is 0 Å². The van der Waals surface area contributed by atoms with Crippen LogP contribution in [0.15, 0.2) is 34.3 Å². The fourth-order valence-electron chi connectivity index (χ4n) is 0.876. The van der Waals surface area contributed by atoms with E-state index in [0.717, 1.165) is 6.08 Å². The molecule has 2 N–H and O–H groups in total. The van der Waals surface area contributed by atoms with Crippen LogP contribution in [0.2, 0.25) is 0 Å². The first kappa shape index (κ1) is 9.33. The third kappa shape index (κ3) is 2.64. The first-order valence-electron chi connectivity index (χ1n) is 3.40. The number of nitrogens with zero attached hydrogens (tertiary/aromatic N) is 3. The van der Waals surface area contributed by atoms with Gasteiger partial charge in [0.25, 0.3) is 0 Å². The van der Waals surface area contributed by atoms with Gasteiger partial charge in [-0.15, -0.1) is 0 Å². The summed E-state index contributed by atoms with van der Waals surface area (Å²) in [5.41, 5.74) is -1.89. The second-order valence-electron chi connectivity index (χ2n) is 2.45. The van der Waals surface area contributed by atoms with Gasteiger partial charge in [-0.1, -0.05) is 6.08 Å². The number of aliphatic hydroxyl groups is 2. The van der Waals surface area contributed by atoms with Crippen LogP contribution >= 0.6 is 0 Å². The lowest BCUT2D eigenvalue weighted by Gasteiger charge is -2.10. The Morgan fingerprint density at radius 3 is 2.92 bits per heavy atom. The molecular weight excluding hydrogens is 178 g/mol. The van der Waals surface area contributed by atoms with Gasteiger partial charge < -0.3 is 20.3 Å². The van der Waals surface area contributed by atoms with Gasteiger partial charge in [0.05, 0.1) is 15.9 Å². The lowest BCUT2D eigenvalue weighted by atomic mass is 10.1. The van der Waals surface area contributed by atoms with Crippen molar-refractivity contribution in [3.63, 3.8) is 0 Å². The molecule has 0 bridgehead atoms. The van der Waals surface area contributed by atoms with Crippen LogP contribution in [0.25, 0.3) is 0 Å². The molecule has 0 saturated carbocycles. The van der Waals surface area contributed by atoms with Crippen molar-refractivity contribution in [1.82, 2.24) is 0 Å². The second kappa shape index (κ2) is 3.31. The van der Waals surface area contributed by atoms with Gasteiger partial charge in [-0.3, -0.25) is 0 Å². The zero-order chi connectivity index (χ0) is 9.90. The number of rotatable bonds is 2. The average molecular weight is 185 g/mol. The molecule has 70 valence electrons. The Labute approximate surface area is 72.8 Å². The van der Waals surface area contributed by atoms with Crippen LogP contribution in [0.1, 0.15) is 6.42 Å². The van der Waals surface area contributed by atoms with Crippen LogP contribution in [0, 0.1) is 10.1 Å². The topological polar surface area (TPSA) is 108 Å². The van der Waals surface area contributed by atoms with E-state index in [1.165, 1.54) is 12.2 Å². The lowest BCUT2D eigenvalue weighted by molar-refractivity contribution is -0.496. The lowest BCUT2D eigenvalue weighted by Crippen LogP contribution is -2.22. The van der Waals surface area contributed by atoms with E-state index in [0.29, 0.717) is 0 Å². The molecule has 1 atom stereocenters. The minimum Gasteiger partial charge on any atom is -0.512 e. The van der Waals surface area contributed by atoms with Gasteiger partial charge in [0.2, 0.25) is 0 Å². The van der Waals surface area contributed by atoms with E-state index >= 15 is 0 Å². The standard InChI is InChI=1S/C6H7N3O4/c10-5-2-1-3-6(11,4-5)7-8-9(12)13/h1,3-4,10-11H,2H2. The fourth-order valence-corrected chi connectivity index (χ4v) is 0.876. The van der Waals surface area contributed by atoms with E-state index in [2.05, 4.69) is 10.3 Å². The van der Waals surface area contributed by atoms with Gasteiger partial charge >= 0.3 is 5.72 Å². The fraction of sp³-hybridized carbons (Fsp3) is 0.333. The van der Waals surface area contributed by atoms with Gasteiger partial charge in [0.1, 0.15) is 0 Å². The number of hydrogen-bond acceptors (Lipinski definition) is 5. The summed E-state index contributed by atoms with van der Waals surface area (Å²) in [5, 5.41) is 32.7. The summed E-state index contributed by atoms with van der Waals surface area (Å²) in [7, 11) is 0. The third-order valence-corrected chi connectivity index (χ3v) is 1.35. The van der Waals surface area contributed by atoms with E-state index < -0.39 is 10.8 Å². The molecule has 1 aliphatic rings. The largest absolute Gasteiger partial charge is 0.512 e. The number of nitro groups is 1. The zero-order valence-corrected chi connectivity index (χ0v) is 6.49. The molecule has 0 aliphatic heterocycles. The Morgan fingerprint density at radius 1 is 1.69 bits per heavy atom. The van der Waals surface area contributed by atoms with Crippen molar-refractivity contribution in [1.29, 1.82) is 0 Å². The highest BCUT2D eigenvalue weighted by atomic mass is 16.7. The van der Waals surface area contributed by atoms with Crippen LogP contribution in [-0.4, -0.2) is 21.0 Å². The summed E-state index contributed by atoms with van der Waals surface area (Å²) in [5.74, 6) is -0.104. The molecule has 0 aromatic heterocycles. The maximum absolute atomic E-state index is 9.79. The normalized spacial score (nSPS) is 27.6. The molecule has 0 spiro atoms. The molecule has 0 saturated heterocycles. The Hall–Kier alpha value is -1.76. The molecule has 0 aromatic carbocycles. The van der Waals surface area contributed by atoms with Crippen LogP contribution in [0.3, 0.4) is 0 Å². The number of hydrogen-bond donors (Lipinski definition) is 2. The number of allylic oxidation sites excluding steroid dienone is 1. The van der Waals surface area contributed by atoms with Crippen molar-refractivity contribution in [2.75, 3.05) is 0 Å². The SMILES string of the molecule is O=[N+]([O-])N=NC1(O)C=CCC(O)=C1. The van der Waals surface area contributed by atoms with Crippen molar-refractivity contribution in [2.45, 2.75) is 12.1 Å². The molecular formula is C6H7N3O4. The van der Waals surface area contributed by atoms with E-state index in [-0.39, 0.29) is 12.2 Å². The minimum atomic E-state index is -1.89. The van der Waals surface area contributed by atoms with Crippen molar-refractivity contribution < 1.29 is 15.2 Å². The highest BCUT2D eigenvalue weighted by Gasteiger charge is 2.30. The zero-order valence-electron chi connectivity index (χ0n) is 6.49. The summed E-state index contributed by atoms with van der Waals surface area (Å²) >= 11 is 0. The average Bonchev–Trinajstić information content (AvgIpc) is 2.01. The predicted octanol–water partition coefficient (Wildman–Crippen LogP) is 0.721. The predicted molar refractivity (Wildman–Crippen MR) is 41.3 cm³/mol. The minimum absolute atomic E-state index is 0.104. The van der Waals surface area contributed by atoms with Crippen LogP contribution < -0.4 is 0 Å². The molecule has 13 heavy (non-hydrogen) atoms. The van der Waals surface area contributed by atoms with Gasteiger partial charge in [0, 0.05) is 12.5 Å². The first-order valence-corrected chi connectivity index (χ1v) is 3.40. The Kier molecular flexibility index (Phi) is 2.38. The molecule has 0 heterocycles. The molecule has 0 aromatic rings. The van der Waals surface area contributed by atoms with Crippen molar-refractivity contribution in [3.05, 3.63) is 34.1 Å². The molecule has 7 heteroatoms.